The molecule has 0 spiro atoms. The van der Waals surface area contributed by atoms with Crippen molar-refractivity contribution < 1.29 is 0 Å². The maximum atomic E-state index is 4.76. The van der Waals surface area contributed by atoms with Crippen LogP contribution in [0.1, 0.15) is 43.7 Å². The molecule has 1 saturated carbocycles. The van der Waals surface area contributed by atoms with E-state index in [0.29, 0.717) is 6.04 Å². The fourth-order valence-electron chi connectivity index (χ4n) is 3.38. The van der Waals surface area contributed by atoms with E-state index in [0.717, 1.165) is 25.5 Å². The Kier molecular flexibility index (Phi) is 7.40. The van der Waals surface area contributed by atoms with E-state index in [1.165, 1.54) is 47.7 Å². The van der Waals surface area contributed by atoms with Crippen LogP contribution in [-0.4, -0.2) is 30.1 Å². The summed E-state index contributed by atoms with van der Waals surface area (Å²) >= 11 is 0. The molecule has 1 aliphatic carbocycles. The number of aryl methyl sites for hydroxylation is 1. The second kappa shape index (κ2) is 9.30. The number of nitrogens with one attached hydrogen (secondary N) is 3. The van der Waals surface area contributed by atoms with Gasteiger partial charge >= 0.3 is 0 Å². The molecule has 2 aromatic rings. The zero-order valence-corrected chi connectivity index (χ0v) is 17.0. The monoisotopic (exact) mass is 440 g/mol. The quantitative estimate of drug-likeness (QED) is 0.372. The molecule has 5 heteroatoms. The van der Waals surface area contributed by atoms with Gasteiger partial charge in [0.15, 0.2) is 5.96 Å². The SMILES string of the molecule is CCNC(=NCCc1c[nH]c2cc(C)ccc12)NC1CCCC1.I. The van der Waals surface area contributed by atoms with Crippen molar-refractivity contribution in [2.24, 2.45) is 4.99 Å². The van der Waals surface area contributed by atoms with E-state index in [4.69, 9.17) is 4.99 Å². The third kappa shape index (κ3) is 4.88. The molecular weight excluding hydrogens is 411 g/mol. The summed E-state index contributed by atoms with van der Waals surface area (Å²) < 4.78 is 0. The van der Waals surface area contributed by atoms with Gasteiger partial charge in [-0.3, -0.25) is 4.99 Å². The summed E-state index contributed by atoms with van der Waals surface area (Å²) in [5.41, 5.74) is 3.86. The van der Waals surface area contributed by atoms with Crippen molar-refractivity contribution in [2.75, 3.05) is 13.1 Å². The molecular formula is C19H29IN4. The Morgan fingerprint density at radius 1 is 1.29 bits per heavy atom. The Labute approximate surface area is 161 Å². The van der Waals surface area contributed by atoms with Crippen LogP contribution in [0.4, 0.5) is 0 Å². The summed E-state index contributed by atoms with van der Waals surface area (Å²) in [6.45, 7) is 5.96. The minimum absolute atomic E-state index is 0. The van der Waals surface area contributed by atoms with Crippen molar-refractivity contribution in [2.45, 2.75) is 52.0 Å². The van der Waals surface area contributed by atoms with Crippen molar-refractivity contribution in [1.29, 1.82) is 0 Å². The number of benzene rings is 1. The van der Waals surface area contributed by atoms with E-state index in [-0.39, 0.29) is 24.0 Å². The summed E-state index contributed by atoms with van der Waals surface area (Å²) in [6, 6.07) is 7.19. The van der Waals surface area contributed by atoms with Gasteiger partial charge in [-0.25, -0.2) is 0 Å². The van der Waals surface area contributed by atoms with Gasteiger partial charge < -0.3 is 15.6 Å². The van der Waals surface area contributed by atoms with Gasteiger partial charge in [0.05, 0.1) is 0 Å². The van der Waals surface area contributed by atoms with Crippen LogP contribution in [0.15, 0.2) is 29.4 Å². The molecule has 0 amide bonds. The molecule has 3 N–H and O–H groups in total. The third-order valence-electron chi connectivity index (χ3n) is 4.61. The van der Waals surface area contributed by atoms with E-state index in [1.54, 1.807) is 0 Å². The van der Waals surface area contributed by atoms with Crippen molar-refractivity contribution in [3.63, 3.8) is 0 Å². The van der Waals surface area contributed by atoms with Crippen LogP contribution < -0.4 is 10.6 Å². The zero-order valence-electron chi connectivity index (χ0n) is 14.7. The van der Waals surface area contributed by atoms with Crippen molar-refractivity contribution in [1.82, 2.24) is 15.6 Å². The highest BCUT2D eigenvalue weighted by Gasteiger charge is 2.15. The van der Waals surface area contributed by atoms with Gasteiger partial charge in [0.2, 0.25) is 0 Å². The van der Waals surface area contributed by atoms with Crippen LogP contribution >= 0.6 is 24.0 Å². The Bertz CT molecular complexity index is 671. The minimum Gasteiger partial charge on any atom is -0.361 e. The normalized spacial score (nSPS) is 15.5. The molecule has 0 saturated heterocycles. The molecule has 0 radical (unpaired) electrons. The topological polar surface area (TPSA) is 52.2 Å². The van der Waals surface area contributed by atoms with Crippen molar-refractivity contribution >= 4 is 40.8 Å². The second-order valence-electron chi connectivity index (χ2n) is 6.50. The fourth-order valence-corrected chi connectivity index (χ4v) is 3.38. The van der Waals surface area contributed by atoms with Gasteiger partial charge in [0.1, 0.15) is 0 Å². The smallest absolute Gasteiger partial charge is 0.191 e. The number of aromatic amines is 1. The average Bonchev–Trinajstić information content (AvgIpc) is 3.17. The first-order valence-electron chi connectivity index (χ1n) is 8.87. The second-order valence-corrected chi connectivity index (χ2v) is 6.50. The van der Waals surface area contributed by atoms with E-state index in [9.17, 15) is 0 Å². The molecule has 1 heterocycles. The Morgan fingerprint density at radius 2 is 2.08 bits per heavy atom. The molecule has 24 heavy (non-hydrogen) atoms. The first kappa shape index (κ1) is 19.1. The van der Waals surface area contributed by atoms with Gasteiger partial charge in [0.25, 0.3) is 0 Å². The van der Waals surface area contributed by atoms with Crippen LogP contribution in [0.3, 0.4) is 0 Å². The van der Waals surface area contributed by atoms with Gasteiger partial charge in [-0.15, -0.1) is 24.0 Å². The number of fused-ring (bicyclic) bond motifs is 1. The minimum atomic E-state index is 0. The highest BCUT2D eigenvalue weighted by Crippen LogP contribution is 2.20. The zero-order chi connectivity index (χ0) is 16.1. The summed E-state index contributed by atoms with van der Waals surface area (Å²) in [7, 11) is 0. The molecule has 1 fully saturated rings. The van der Waals surface area contributed by atoms with Gasteiger partial charge in [-0.05, 0) is 50.3 Å². The Hall–Kier alpha value is -1.24. The molecule has 4 nitrogen and oxygen atoms in total. The Morgan fingerprint density at radius 3 is 2.83 bits per heavy atom. The Balaban J connectivity index is 0.00000208. The van der Waals surface area contributed by atoms with Gasteiger partial charge in [-0.1, -0.05) is 25.0 Å². The number of hydrogen-bond donors (Lipinski definition) is 3. The van der Waals surface area contributed by atoms with E-state index < -0.39 is 0 Å². The van der Waals surface area contributed by atoms with E-state index in [1.807, 2.05) is 0 Å². The summed E-state index contributed by atoms with van der Waals surface area (Å²) in [4.78, 5) is 8.13. The predicted octanol–water partition coefficient (Wildman–Crippen LogP) is 4.13. The summed E-state index contributed by atoms with van der Waals surface area (Å²) in [5.74, 6) is 0.968. The molecule has 1 aromatic carbocycles. The number of aromatic nitrogens is 1. The molecule has 132 valence electrons. The van der Waals surface area contributed by atoms with E-state index >= 15 is 0 Å². The first-order valence-corrected chi connectivity index (χ1v) is 8.87. The summed E-state index contributed by atoms with van der Waals surface area (Å²) in [6.07, 6.45) is 8.30. The number of halogens is 1. The lowest BCUT2D eigenvalue weighted by atomic mass is 10.1. The van der Waals surface area contributed by atoms with Crippen LogP contribution in [0.25, 0.3) is 10.9 Å². The van der Waals surface area contributed by atoms with Crippen molar-refractivity contribution in [3.05, 3.63) is 35.5 Å². The highest BCUT2D eigenvalue weighted by molar-refractivity contribution is 14.0. The van der Waals surface area contributed by atoms with Crippen LogP contribution in [0, 0.1) is 6.92 Å². The van der Waals surface area contributed by atoms with Crippen LogP contribution in [0.2, 0.25) is 0 Å². The molecule has 0 bridgehead atoms. The summed E-state index contributed by atoms with van der Waals surface area (Å²) in [5, 5.41) is 8.26. The van der Waals surface area contributed by atoms with Crippen LogP contribution in [-0.2, 0) is 6.42 Å². The number of rotatable bonds is 5. The molecule has 0 aliphatic heterocycles. The van der Waals surface area contributed by atoms with Gasteiger partial charge in [-0.2, -0.15) is 0 Å². The highest BCUT2D eigenvalue weighted by atomic mass is 127. The lowest BCUT2D eigenvalue weighted by Crippen LogP contribution is -2.42. The maximum absolute atomic E-state index is 4.76. The standard InChI is InChI=1S/C19H28N4.HI/c1-3-20-19(23-16-6-4-5-7-16)21-11-10-15-13-22-18-12-14(2)8-9-17(15)18;/h8-9,12-13,16,22H,3-7,10-11H2,1-2H3,(H2,20,21,23);1H. The lowest BCUT2D eigenvalue weighted by molar-refractivity contribution is 0.614. The van der Waals surface area contributed by atoms with Crippen molar-refractivity contribution in [3.8, 4) is 0 Å². The number of aliphatic imine (C=N–C) groups is 1. The van der Waals surface area contributed by atoms with E-state index in [2.05, 4.69) is 53.9 Å². The predicted molar refractivity (Wildman–Crippen MR) is 114 cm³/mol. The third-order valence-corrected chi connectivity index (χ3v) is 4.61. The molecule has 1 aromatic heterocycles. The number of guanidine groups is 1. The first-order chi connectivity index (χ1) is 11.3. The average molecular weight is 440 g/mol. The fraction of sp³-hybridized carbons (Fsp3) is 0.526. The number of hydrogen-bond acceptors (Lipinski definition) is 1. The molecule has 0 unspecified atom stereocenters. The number of nitrogens with zero attached hydrogens (tertiary/aromatic N) is 1. The largest absolute Gasteiger partial charge is 0.361 e. The molecule has 1 aliphatic rings. The molecule has 0 atom stereocenters. The maximum Gasteiger partial charge on any atom is 0.191 e. The molecule has 3 rings (SSSR count). The number of H-pyrrole nitrogens is 1. The van der Waals surface area contributed by atoms with Gasteiger partial charge in [0, 0.05) is 36.2 Å². The lowest BCUT2D eigenvalue weighted by Gasteiger charge is -2.16. The van der Waals surface area contributed by atoms with Crippen LogP contribution in [0.5, 0.6) is 0 Å².